The smallest absolute Gasteiger partial charge is 0.310 e. The number of hydrogen-bond acceptors (Lipinski definition) is 5. The number of ether oxygens (including phenoxy) is 1. The Kier molecular flexibility index (Phi) is 3.36. The van der Waals surface area contributed by atoms with Crippen LogP contribution >= 0.6 is 0 Å². The molecule has 6 heteroatoms. The maximum atomic E-state index is 12.0. The van der Waals surface area contributed by atoms with Crippen molar-refractivity contribution in [3.63, 3.8) is 0 Å². The van der Waals surface area contributed by atoms with E-state index in [0.717, 1.165) is 4.68 Å². The van der Waals surface area contributed by atoms with Crippen molar-refractivity contribution in [2.75, 3.05) is 0 Å². The van der Waals surface area contributed by atoms with Gasteiger partial charge < -0.3 is 4.74 Å². The van der Waals surface area contributed by atoms with Gasteiger partial charge in [0.2, 0.25) is 0 Å². The first kappa shape index (κ1) is 12.2. The second kappa shape index (κ2) is 4.95. The van der Waals surface area contributed by atoms with Gasteiger partial charge in [0.25, 0.3) is 5.56 Å². The standard InChI is InChI=1S/C12H13N3O3/c1-8(2)12(17)18-7-15-11(16)9-5-3-4-6-10(9)13-14-15/h3-6,8H,7H2,1-2H3. The summed E-state index contributed by atoms with van der Waals surface area (Å²) < 4.78 is 5.97. The largest absolute Gasteiger partial charge is 0.442 e. The Bertz CT molecular complexity index is 634. The lowest BCUT2D eigenvalue weighted by Gasteiger charge is -2.07. The highest BCUT2D eigenvalue weighted by molar-refractivity contribution is 5.76. The zero-order valence-corrected chi connectivity index (χ0v) is 10.2. The van der Waals surface area contributed by atoms with E-state index in [4.69, 9.17) is 4.74 Å². The lowest BCUT2D eigenvalue weighted by atomic mass is 10.2. The molecule has 0 spiro atoms. The molecule has 0 fully saturated rings. The number of fused-ring (bicyclic) bond motifs is 1. The van der Waals surface area contributed by atoms with E-state index in [2.05, 4.69) is 10.3 Å². The van der Waals surface area contributed by atoms with Crippen molar-refractivity contribution >= 4 is 16.9 Å². The van der Waals surface area contributed by atoms with Crippen LogP contribution in [0, 0.1) is 5.92 Å². The van der Waals surface area contributed by atoms with E-state index in [-0.39, 0.29) is 24.2 Å². The molecule has 18 heavy (non-hydrogen) atoms. The highest BCUT2D eigenvalue weighted by Gasteiger charge is 2.10. The van der Waals surface area contributed by atoms with Gasteiger partial charge in [-0.25, -0.2) is 0 Å². The van der Waals surface area contributed by atoms with Gasteiger partial charge in [0.15, 0.2) is 6.73 Å². The van der Waals surface area contributed by atoms with Crippen LogP contribution in [0.15, 0.2) is 29.1 Å². The summed E-state index contributed by atoms with van der Waals surface area (Å²) in [4.78, 5) is 23.3. The van der Waals surface area contributed by atoms with E-state index >= 15 is 0 Å². The van der Waals surface area contributed by atoms with E-state index in [1.165, 1.54) is 0 Å². The van der Waals surface area contributed by atoms with Crippen LogP contribution in [-0.4, -0.2) is 21.0 Å². The number of aromatic nitrogens is 3. The molecule has 2 rings (SSSR count). The Morgan fingerprint density at radius 2 is 2.11 bits per heavy atom. The molecule has 2 aromatic rings. The van der Waals surface area contributed by atoms with Crippen LogP contribution in [0.25, 0.3) is 10.9 Å². The number of rotatable bonds is 3. The molecule has 0 aliphatic rings. The number of esters is 1. The number of benzene rings is 1. The first-order chi connectivity index (χ1) is 8.59. The molecule has 0 aliphatic heterocycles. The van der Waals surface area contributed by atoms with Crippen LogP contribution in [0.3, 0.4) is 0 Å². The summed E-state index contributed by atoms with van der Waals surface area (Å²) in [6, 6.07) is 6.89. The quantitative estimate of drug-likeness (QED) is 0.755. The van der Waals surface area contributed by atoms with Crippen LogP contribution in [-0.2, 0) is 16.3 Å². The average molecular weight is 247 g/mol. The van der Waals surface area contributed by atoms with Gasteiger partial charge in [-0.3, -0.25) is 9.59 Å². The van der Waals surface area contributed by atoms with Gasteiger partial charge in [0.05, 0.1) is 11.3 Å². The molecule has 1 aromatic carbocycles. The summed E-state index contributed by atoms with van der Waals surface area (Å²) in [7, 11) is 0. The number of carbonyl (C=O) groups excluding carboxylic acids is 1. The Hall–Kier alpha value is -2.24. The first-order valence-electron chi connectivity index (χ1n) is 5.59. The Morgan fingerprint density at radius 3 is 2.83 bits per heavy atom. The minimum absolute atomic E-state index is 0.215. The highest BCUT2D eigenvalue weighted by atomic mass is 16.5. The van der Waals surface area contributed by atoms with Gasteiger partial charge in [-0.15, -0.1) is 5.10 Å². The highest BCUT2D eigenvalue weighted by Crippen LogP contribution is 2.03. The fraction of sp³-hybridized carbons (Fsp3) is 0.333. The molecule has 0 amide bonds. The molecule has 94 valence electrons. The first-order valence-corrected chi connectivity index (χ1v) is 5.59. The topological polar surface area (TPSA) is 74.1 Å². The maximum Gasteiger partial charge on any atom is 0.310 e. The predicted octanol–water partition coefficient (Wildman–Crippen LogP) is 0.948. The molecular formula is C12H13N3O3. The maximum absolute atomic E-state index is 12.0. The van der Waals surface area contributed by atoms with E-state index in [1.807, 2.05) is 0 Å². The second-order valence-electron chi connectivity index (χ2n) is 4.16. The summed E-state index contributed by atoms with van der Waals surface area (Å²) in [6.07, 6.45) is 0. The van der Waals surface area contributed by atoms with Gasteiger partial charge >= 0.3 is 5.97 Å². The number of carbonyl (C=O) groups is 1. The molecule has 1 heterocycles. The molecule has 0 aliphatic carbocycles. The van der Waals surface area contributed by atoms with Crippen molar-refractivity contribution < 1.29 is 9.53 Å². The summed E-state index contributed by atoms with van der Waals surface area (Å²) in [5.41, 5.74) is 0.200. The summed E-state index contributed by atoms with van der Waals surface area (Å²) in [5, 5.41) is 8.05. The van der Waals surface area contributed by atoms with Crippen LogP contribution in [0.2, 0.25) is 0 Å². The summed E-state index contributed by atoms with van der Waals surface area (Å²) in [6.45, 7) is 3.22. The summed E-state index contributed by atoms with van der Waals surface area (Å²) in [5.74, 6) is -0.619. The SMILES string of the molecule is CC(C)C(=O)OCn1nnc2ccccc2c1=O. The molecular weight excluding hydrogens is 234 g/mol. The molecule has 0 N–H and O–H groups in total. The Labute approximate surface area is 103 Å². The molecule has 0 atom stereocenters. The molecule has 0 saturated heterocycles. The average Bonchev–Trinajstić information content (AvgIpc) is 2.38. The minimum Gasteiger partial charge on any atom is -0.442 e. The number of nitrogens with zero attached hydrogens (tertiary/aromatic N) is 3. The zero-order valence-electron chi connectivity index (χ0n) is 10.2. The van der Waals surface area contributed by atoms with Crippen molar-refractivity contribution in [2.24, 2.45) is 5.92 Å². The Morgan fingerprint density at radius 1 is 1.39 bits per heavy atom. The van der Waals surface area contributed by atoms with Gasteiger partial charge in [0.1, 0.15) is 5.52 Å². The van der Waals surface area contributed by atoms with Crippen molar-refractivity contribution in [1.29, 1.82) is 0 Å². The van der Waals surface area contributed by atoms with E-state index < -0.39 is 0 Å². The van der Waals surface area contributed by atoms with Gasteiger partial charge in [0, 0.05) is 0 Å². The van der Waals surface area contributed by atoms with Gasteiger partial charge in [-0.05, 0) is 12.1 Å². The third-order valence-corrected chi connectivity index (χ3v) is 2.43. The monoisotopic (exact) mass is 247 g/mol. The molecule has 6 nitrogen and oxygen atoms in total. The normalized spacial score (nSPS) is 10.8. The molecule has 0 saturated carbocycles. The zero-order chi connectivity index (χ0) is 13.1. The van der Waals surface area contributed by atoms with Crippen LogP contribution < -0.4 is 5.56 Å². The molecule has 0 bridgehead atoms. The van der Waals surface area contributed by atoms with Crippen LogP contribution in [0.1, 0.15) is 13.8 Å². The second-order valence-corrected chi connectivity index (χ2v) is 4.16. The van der Waals surface area contributed by atoms with E-state index in [1.54, 1.807) is 38.1 Å². The molecule has 1 aromatic heterocycles. The fourth-order valence-corrected chi connectivity index (χ4v) is 1.40. The Balaban J connectivity index is 2.27. The number of hydrogen-bond donors (Lipinski definition) is 0. The fourth-order valence-electron chi connectivity index (χ4n) is 1.40. The van der Waals surface area contributed by atoms with Crippen LogP contribution in [0.4, 0.5) is 0 Å². The minimum atomic E-state index is -0.378. The molecule has 0 radical (unpaired) electrons. The van der Waals surface area contributed by atoms with Crippen LogP contribution in [0.5, 0.6) is 0 Å². The summed E-state index contributed by atoms with van der Waals surface area (Å²) >= 11 is 0. The lowest BCUT2D eigenvalue weighted by Crippen LogP contribution is -2.27. The van der Waals surface area contributed by atoms with Crippen molar-refractivity contribution in [3.8, 4) is 0 Å². The van der Waals surface area contributed by atoms with Crippen molar-refractivity contribution in [2.45, 2.75) is 20.6 Å². The third-order valence-electron chi connectivity index (χ3n) is 2.43. The molecule has 0 unspecified atom stereocenters. The van der Waals surface area contributed by atoms with E-state index in [0.29, 0.717) is 10.9 Å². The van der Waals surface area contributed by atoms with E-state index in [9.17, 15) is 9.59 Å². The van der Waals surface area contributed by atoms with Gasteiger partial charge in [-0.1, -0.05) is 31.2 Å². The third kappa shape index (κ3) is 2.37. The lowest BCUT2D eigenvalue weighted by molar-refractivity contribution is -0.151. The van der Waals surface area contributed by atoms with Gasteiger partial charge in [-0.2, -0.15) is 4.68 Å². The van der Waals surface area contributed by atoms with Crippen molar-refractivity contribution in [3.05, 3.63) is 34.6 Å². The predicted molar refractivity (Wildman–Crippen MR) is 64.7 cm³/mol. The van der Waals surface area contributed by atoms with Crippen molar-refractivity contribution in [1.82, 2.24) is 15.0 Å².